The molecule has 0 atom stereocenters. The van der Waals surface area contributed by atoms with Crippen LogP contribution in [0.4, 0.5) is 9.59 Å². The van der Waals surface area contributed by atoms with E-state index in [0.717, 1.165) is 0 Å². The molecule has 0 aromatic heterocycles. The molecule has 9 heteroatoms. The van der Waals surface area contributed by atoms with Crippen molar-refractivity contribution in [3.05, 3.63) is 0 Å². The molecule has 0 aliphatic rings. The largest absolute Gasteiger partial charge is 0.447 e. The molecule has 3 amide bonds. The van der Waals surface area contributed by atoms with Gasteiger partial charge in [-0.3, -0.25) is 4.79 Å². The van der Waals surface area contributed by atoms with Crippen LogP contribution in [0.2, 0.25) is 0 Å². The number of carbonyl (C=O) groups excluding carboxylic acids is 3. The first-order chi connectivity index (χ1) is 8.95. The molecule has 0 saturated carbocycles. The molecule has 0 aliphatic carbocycles. The fraction of sp³-hybridized carbons (Fsp3) is 0.700. The molecule has 0 aromatic rings. The fourth-order valence-corrected chi connectivity index (χ4v) is 1.10. The maximum atomic E-state index is 10.9. The van der Waals surface area contributed by atoms with Gasteiger partial charge in [0.05, 0.1) is 0 Å². The van der Waals surface area contributed by atoms with Gasteiger partial charge in [0.1, 0.15) is 19.3 Å². The number of rotatable bonds is 9. The zero-order valence-corrected chi connectivity index (χ0v) is 10.7. The van der Waals surface area contributed by atoms with Crippen LogP contribution >= 0.6 is 0 Å². The fourth-order valence-electron chi connectivity index (χ4n) is 1.10. The van der Waals surface area contributed by atoms with E-state index in [-0.39, 0.29) is 25.7 Å². The summed E-state index contributed by atoms with van der Waals surface area (Å²) >= 11 is 0. The quantitative estimate of drug-likeness (QED) is 0.465. The first-order valence-corrected chi connectivity index (χ1v) is 5.62. The third-order valence-electron chi connectivity index (χ3n) is 2.00. The number of hydrogen-bond donors (Lipinski definition) is 3. The molecule has 19 heavy (non-hydrogen) atoms. The average molecular weight is 277 g/mol. The lowest BCUT2D eigenvalue weighted by atomic mass is 10.3. The molecule has 9 nitrogen and oxygen atoms in total. The lowest BCUT2D eigenvalue weighted by Gasteiger charge is -2.16. The highest BCUT2D eigenvalue weighted by Crippen LogP contribution is 1.99. The SMILES string of the molecule is CNC(=O)CCCOC(COC(N)=O)COC(N)=O. The van der Waals surface area contributed by atoms with E-state index in [1.165, 1.54) is 7.05 Å². The van der Waals surface area contributed by atoms with Crippen LogP contribution in [0.15, 0.2) is 0 Å². The lowest BCUT2D eigenvalue weighted by molar-refractivity contribution is -0.121. The molecule has 0 fully saturated rings. The van der Waals surface area contributed by atoms with Crippen LogP contribution in [0.1, 0.15) is 12.8 Å². The summed E-state index contributed by atoms with van der Waals surface area (Å²) < 4.78 is 14.4. The Balaban J connectivity index is 3.92. The number of hydrogen-bond acceptors (Lipinski definition) is 6. The predicted octanol–water partition coefficient (Wildman–Crippen LogP) is -0.912. The van der Waals surface area contributed by atoms with Crippen LogP contribution in [0.3, 0.4) is 0 Å². The van der Waals surface area contributed by atoms with Gasteiger partial charge in [-0.25, -0.2) is 9.59 Å². The van der Waals surface area contributed by atoms with Crippen molar-refractivity contribution in [1.82, 2.24) is 5.32 Å². The van der Waals surface area contributed by atoms with Crippen molar-refractivity contribution in [3.8, 4) is 0 Å². The van der Waals surface area contributed by atoms with Gasteiger partial charge in [-0.15, -0.1) is 0 Å². The second-order valence-electron chi connectivity index (χ2n) is 3.53. The van der Waals surface area contributed by atoms with Crippen LogP contribution in [0, 0.1) is 0 Å². The Bertz CT molecular complexity index is 292. The van der Waals surface area contributed by atoms with Crippen molar-refractivity contribution >= 4 is 18.1 Å². The number of primary amides is 2. The number of amides is 3. The minimum absolute atomic E-state index is 0.109. The Kier molecular flexibility index (Phi) is 8.88. The van der Waals surface area contributed by atoms with E-state index in [1.54, 1.807) is 0 Å². The van der Waals surface area contributed by atoms with Gasteiger partial charge < -0.3 is 31.0 Å². The van der Waals surface area contributed by atoms with E-state index < -0.39 is 18.3 Å². The van der Waals surface area contributed by atoms with E-state index in [0.29, 0.717) is 12.8 Å². The van der Waals surface area contributed by atoms with E-state index in [4.69, 9.17) is 16.2 Å². The molecular weight excluding hydrogens is 258 g/mol. The van der Waals surface area contributed by atoms with Gasteiger partial charge in [-0.1, -0.05) is 0 Å². The van der Waals surface area contributed by atoms with E-state index in [2.05, 4.69) is 14.8 Å². The Morgan fingerprint density at radius 3 is 2.05 bits per heavy atom. The molecule has 0 rings (SSSR count). The predicted molar refractivity (Wildman–Crippen MR) is 64.1 cm³/mol. The summed E-state index contributed by atoms with van der Waals surface area (Å²) in [7, 11) is 1.54. The van der Waals surface area contributed by atoms with Gasteiger partial charge in [-0.2, -0.15) is 0 Å². The third kappa shape index (κ3) is 10.8. The third-order valence-corrected chi connectivity index (χ3v) is 2.00. The van der Waals surface area contributed by atoms with Gasteiger partial charge in [0.25, 0.3) is 0 Å². The second-order valence-corrected chi connectivity index (χ2v) is 3.53. The van der Waals surface area contributed by atoms with Crippen molar-refractivity contribution < 1.29 is 28.6 Å². The van der Waals surface area contributed by atoms with Crippen LogP contribution < -0.4 is 16.8 Å². The minimum atomic E-state index is -0.960. The smallest absolute Gasteiger partial charge is 0.404 e. The minimum Gasteiger partial charge on any atom is -0.447 e. The summed E-state index contributed by atoms with van der Waals surface area (Å²) in [5.41, 5.74) is 9.61. The molecular formula is C10H19N3O6. The summed E-state index contributed by atoms with van der Waals surface area (Å²) in [5.74, 6) is -0.109. The highest BCUT2D eigenvalue weighted by Gasteiger charge is 2.13. The van der Waals surface area contributed by atoms with Crippen molar-refractivity contribution in [3.63, 3.8) is 0 Å². The van der Waals surface area contributed by atoms with Gasteiger partial charge >= 0.3 is 12.2 Å². The van der Waals surface area contributed by atoms with Gasteiger partial charge in [0, 0.05) is 20.1 Å². The first kappa shape index (κ1) is 17.0. The molecule has 0 aromatic carbocycles. The van der Waals surface area contributed by atoms with E-state index >= 15 is 0 Å². The summed E-state index contributed by atoms with van der Waals surface area (Å²) in [6.45, 7) is -0.0898. The Morgan fingerprint density at radius 1 is 1.11 bits per heavy atom. The molecule has 110 valence electrons. The average Bonchev–Trinajstić information content (AvgIpc) is 2.35. The van der Waals surface area contributed by atoms with Crippen molar-refractivity contribution in [1.29, 1.82) is 0 Å². The zero-order valence-electron chi connectivity index (χ0n) is 10.7. The van der Waals surface area contributed by atoms with E-state index in [1.807, 2.05) is 0 Å². The Labute approximate surface area is 110 Å². The molecule has 5 N–H and O–H groups in total. The van der Waals surface area contributed by atoms with Gasteiger partial charge in [0.2, 0.25) is 5.91 Å². The lowest BCUT2D eigenvalue weighted by Crippen LogP contribution is -2.31. The maximum absolute atomic E-state index is 10.9. The van der Waals surface area contributed by atoms with Crippen molar-refractivity contribution in [2.75, 3.05) is 26.9 Å². The number of carbonyl (C=O) groups is 3. The van der Waals surface area contributed by atoms with Crippen LogP contribution in [-0.4, -0.2) is 51.1 Å². The highest BCUT2D eigenvalue weighted by molar-refractivity contribution is 5.75. The summed E-state index contributed by atoms with van der Waals surface area (Å²) in [4.78, 5) is 31.9. The molecule has 0 aliphatic heterocycles. The molecule has 0 unspecified atom stereocenters. The normalized spacial score (nSPS) is 10.0. The summed E-state index contributed by atoms with van der Waals surface area (Å²) in [6, 6.07) is 0. The van der Waals surface area contributed by atoms with Gasteiger partial charge in [0.15, 0.2) is 0 Å². The molecule has 0 bridgehead atoms. The first-order valence-electron chi connectivity index (χ1n) is 5.62. The number of nitrogens with two attached hydrogens (primary N) is 2. The number of nitrogens with one attached hydrogen (secondary N) is 1. The number of ether oxygens (including phenoxy) is 3. The maximum Gasteiger partial charge on any atom is 0.404 e. The highest BCUT2D eigenvalue weighted by atomic mass is 16.6. The topological polar surface area (TPSA) is 143 Å². The summed E-state index contributed by atoms with van der Waals surface area (Å²) in [5, 5.41) is 2.47. The van der Waals surface area contributed by atoms with Crippen LogP contribution in [0.25, 0.3) is 0 Å². The van der Waals surface area contributed by atoms with Crippen molar-refractivity contribution in [2.24, 2.45) is 11.5 Å². The van der Waals surface area contributed by atoms with Gasteiger partial charge in [-0.05, 0) is 6.42 Å². The standard InChI is InChI=1S/C10H19N3O6/c1-13-8(14)3-2-4-17-7(5-18-9(11)15)6-19-10(12)16/h7H,2-6H2,1H3,(H2,11,15)(H2,12,16)(H,13,14). The van der Waals surface area contributed by atoms with Crippen molar-refractivity contribution in [2.45, 2.75) is 18.9 Å². The second kappa shape index (κ2) is 9.95. The molecule has 0 heterocycles. The monoisotopic (exact) mass is 277 g/mol. The Hall–Kier alpha value is -2.03. The zero-order chi connectivity index (χ0) is 14.7. The van der Waals surface area contributed by atoms with Crippen LogP contribution in [0.5, 0.6) is 0 Å². The van der Waals surface area contributed by atoms with E-state index in [9.17, 15) is 14.4 Å². The molecule has 0 radical (unpaired) electrons. The Morgan fingerprint density at radius 2 is 1.63 bits per heavy atom. The summed E-state index contributed by atoms with van der Waals surface area (Å²) in [6.07, 6.45) is -1.82. The molecule has 0 saturated heterocycles. The molecule has 0 spiro atoms. The van der Waals surface area contributed by atoms with Crippen LogP contribution in [-0.2, 0) is 19.0 Å².